The second kappa shape index (κ2) is 2.62. The molecule has 1 aliphatic carbocycles. The lowest BCUT2D eigenvalue weighted by molar-refractivity contribution is -0.112. The molecule has 1 saturated carbocycles. The van der Waals surface area contributed by atoms with Crippen molar-refractivity contribution in [1.82, 2.24) is 9.59 Å². The van der Waals surface area contributed by atoms with Gasteiger partial charge in [-0.3, -0.25) is 0 Å². The molecular weight excluding hydrogens is 172 g/mol. The summed E-state index contributed by atoms with van der Waals surface area (Å²) in [6.07, 6.45) is 4.01. The van der Waals surface area contributed by atoms with E-state index in [2.05, 4.69) is 9.59 Å². The first-order chi connectivity index (χ1) is 5.76. The van der Waals surface area contributed by atoms with Crippen LogP contribution in [-0.4, -0.2) is 15.9 Å². The lowest BCUT2D eigenvalue weighted by atomic mass is 10.0. The van der Waals surface area contributed by atoms with Gasteiger partial charge in [0, 0.05) is 10.3 Å². The summed E-state index contributed by atoms with van der Waals surface area (Å²) in [6, 6.07) is 0. The van der Waals surface area contributed by atoms with Gasteiger partial charge < -0.3 is 4.79 Å². The van der Waals surface area contributed by atoms with Gasteiger partial charge in [0.1, 0.15) is 6.29 Å². The largest absolute Gasteiger partial charge is 0.303 e. The molecule has 1 fully saturated rings. The molecule has 4 heteroatoms. The molecule has 0 aromatic carbocycles. The average molecular weight is 182 g/mol. The fraction of sp³-hybridized carbons (Fsp3) is 0.625. The van der Waals surface area contributed by atoms with Crippen LogP contribution in [0.3, 0.4) is 0 Å². The van der Waals surface area contributed by atoms with E-state index in [9.17, 15) is 4.79 Å². The predicted molar refractivity (Wildman–Crippen MR) is 46.1 cm³/mol. The second-order valence-electron chi connectivity index (χ2n) is 3.44. The molecule has 0 radical (unpaired) electrons. The number of aryl methyl sites for hydroxylation is 1. The third kappa shape index (κ3) is 1.27. The van der Waals surface area contributed by atoms with E-state index >= 15 is 0 Å². The highest BCUT2D eigenvalue weighted by Crippen LogP contribution is 2.46. The minimum atomic E-state index is -0.0427. The molecule has 2 rings (SSSR count). The number of carbonyl (C=O) groups excluding carboxylic acids is 1. The first kappa shape index (κ1) is 7.86. The average Bonchev–Trinajstić information content (AvgIpc) is 2.74. The van der Waals surface area contributed by atoms with Crippen LogP contribution in [0.5, 0.6) is 0 Å². The number of nitrogens with zero attached hydrogens (tertiary/aromatic N) is 2. The first-order valence-corrected chi connectivity index (χ1v) is 4.77. The van der Waals surface area contributed by atoms with Crippen molar-refractivity contribution in [2.45, 2.75) is 26.2 Å². The summed E-state index contributed by atoms with van der Waals surface area (Å²) < 4.78 is 3.84. The summed E-state index contributed by atoms with van der Waals surface area (Å²) in [5, 5.41) is 3.92. The Morgan fingerprint density at radius 1 is 1.67 bits per heavy atom. The summed E-state index contributed by atoms with van der Waals surface area (Å²) in [7, 11) is 0. The lowest BCUT2D eigenvalue weighted by Crippen LogP contribution is -2.05. The van der Waals surface area contributed by atoms with Crippen LogP contribution in [0, 0.1) is 12.3 Å². The van der Waals surface area contributed by atoms with Crippen molar-refractivity contribution < 1.29 is 4.79 Å². The maximum Gasteiger partial charge on any atom is 0.126 e. The van der Waals surface area contributed by atoms with Crippen LogP contribution in [0.15, 0.2) is 0 Å². The zero-order chi connectivity index (χ0) is 8.60. The molecule has 64 valence electrons. The molecule has 0 aliphatic heterocycles. The normalized spacial score (nSPS) is 19.1. The van der Waals surface area contributed by atoms with E-state index in [1.54, 1.807) is 0 Å². The molecule has 1 aliphatic rings. The van der Waals surface area contributed by atoms with Crippen molar-refractivity contribution in [2.75, 3.05) is 0 Å². The van der Waals surface area contributed by atoms with Crippen molar-refractivity contribution in [1.29, 1.82) is 0 Å². The summed E-state index contributed by atoms with van der Waals surface area (Å²) in [4.78, 5) is 11.9. The van der Waals surface area contributed by atoms with Gasteiger partial charge in [-0.05, 0) is 37.7 Å². The standard InChI is InChI=1S/C8H10N2OS/c1-6-7(12-10-9-6)4-8(5-11)2-3-8/h5H,2-4H2,1H3. The molecule has 0 N–H and O–H groups in total. The first-order valence-electron chi connectivity index (χ1n) is 4.00. The van der Waals surface area contributed by atoms with E-state index in [1.807, 2.05) is 6.92 Å². The SMILES string of the molecule is Cc1nnsc1CC1(C=O)CC1. The van der Waals surface area contributed by atoms with Gasteiger partial charge in [-0.15, -0.1) is 5.10 Å². The quantitative estimate of drug-likeness (QED) is 0.663. The Labute approximate surface area is 75.0 Å². The zero-order valence-corrected chi connectivity index (χ0v) is 7.73. The van der Waals surface area contributed by atoms with Gasteiger partial charge in [0.05, 0.1) is 5.69 Å². The molecule has 0 bridgehead atoms. The van der Waals surface area contributed by atoms with Crippen LogP contribution in [0.4, 0.5) is 0 Å². The highest BCUT2D eigenvalue weighted by molar-refractivity contribution is 7.05. The van der Waals surface area contributed by atoms with E-state index in [1.165, 1.54) is 16.4 Å². The van der Waals surface area contributed by atoms with Gasteiger partial charge in [0.15, 0.2) is 0 Å². The Kier molecular flexibility index (Phi) is 1.72. The van der Waals surface area contributed by atoms with Crippen LogP contribution in [0.2, 0.25) is 0 Å². The fourth-order valence-corrected chi connectivity index (χ4v) is 2.02. The molecule has 0 saturated heterocycles. The van der Waals surface area contributed by atoms with Crippen molar-refractivity contribution in [3.63, 3.8) is 0 Å². The molecular formula is C8H10N2OS. The highest BCUT2D eigenvalue weighted by atomic mass is 32.1. The van der Waals surface area contributed by atoms with E-state index in [0.717, 1.165) is 31.2 Å². The molecule has 0 unspecified atom stereocenters. The Morgan fingerprint density at radius 2 is 2.42 bits per heavy atom. The van der Waals surface area contributed by atoms with Crippen molar-refractivity contribution in [2.24, 2.45) is 5.41 Å². The predicted octanol–water partition coefficient (Wildman–Crippen LogP) is 1.37. The molecule has 0 amide bonds. The maximum absolute atomic E-state index is 10.7. The summed E-state index contributed by atoms with van der Waals surface area (Å²) in [6.45, 7) is 1.94. The van der Waals surface area contributed by atoms with Gasteiger partial charge in [-0.2, -0.15) is 0 Å². The number of hydrogen-bond acceptors (Lipinski definition) is 4. The van der Waals surface area contributed by atoms with Crippen molar-refractivity contribution in [3.05, 3.63) is 10.6 Å². The number of hydrogen-bond donors (Lipinski definition) is 0. The number of carbonyl (C=O) groups is 1. The minimum absolute atomic E-state index is 0.0427. The lowest BCUT2D eigenvalue weighted by Gasteiger charge is -2.02. The second-order valence-corrected chi connectivity index (χ2v) is 4.28. The molecule has 0 spiro atoms. The Hall–Kier alpha value is -0.770. The third-order valence-electron chi connectivity index (χ3n) is 2.40. The summed E-state index contributed by atoms with van der Waals surface area (Å²) in [5.41, 5.74) is 0.937. The fourth-order valence-electron chi connectivity index (χ4n) is 1.23. The minimum Gasteiger partial charge on any atom is -0.303 e. The van der Waals surface area contributed by atoms with Crippen LogP contribution in [0.1, 0.15) is 23.4 Å². The highest BCUT2D eigenvalue weighted by Gasteiger charge is 2.43. The van der Waals surface area contributed by atoms with E-state index in [0.29, 0.717) is 0 Å². The Balaban J connectivity index is 2.13. The number of aromatic nitrogens is 2. The van der Waals surface area contributed by atoms with Gasteiger partial charge in [-0.1, -0.05) is 4.49 Å². The van der Waals surface area contributed by atoms with Gasteiger partial charge in [-0.25, -0.2) is 0 Å². The van der Waals surface area contributed by atoms with Gasteiger partial charge in [0.25, 0.3) is 0 Å². The monoisotopic (exact) mass is 182 g/mol. The van der Waals surface area contributed by atoms with Crippen LogP contribution < -0.4 is 0 Å². The van der Waals surface area contributed by atoms with Crippen LogP contribution >= 0.6 is 11.5 Å². The Morgan fingerprint density at radius 3 is 2.83 bits per heavy atom. The van der Waals surface area contributed by atoms with Crippen molar-refractivity contribution in [3.8, 4) is 0 Å². The molecule has 0 atom stereocenters. The van der Waals surface area contributed by atoms with E-state index in [4.69, 9.17) is 0 Å². The molecule has 1 aromatic heterocycles. The smallest absolute Gasteiger partial charge is 0.126 e. The summed E-state index contributed by atoms with van der Waals surface area (Å²) >= 11 is 1.41. The number of aldehydes is 1. The molecule has 1 heterocycles. The summed E-state index contributed by atoms with van der Waals surface area (Å²) in [5.74, 6) is 0. The van der Waals surface area contributed by atoms with E-state index in [-0.39, 0.29) is 5.41 Å². The molecule has 1 aromatic rings. The van der Waals surface area contributed by atoms with Gasteiger partial charge >= 0.3 is 0 Å². The maximum atomic E-state index is 10.7. The van der Waals surface area contributed by atoms with Crippen molar-refractivity contribution >= 4 is 17.8 Å². The third-order valence-corrected chi connectivity index (χ3v) is 3.22. The Bertz CT molecular complexity index is 304. The number of rotatable bonds is 3. The van der Waals surface area contributed by atoms with E-state index < -0.39 is 0 Å². The van der Waals surface area contributed by atoms with Crippen LogP contribution in [-0.2, 0) is 11.2 Å². The molecule has 12 heavy (non-hydrogen) atoms. The van der Waals surface area contributed by atoms with Gasteiger partial charge in [0.2, 0.25) is 0 Å². The zero-order valence-electron chi connectivity index (χ0n) is 6.91. The molecule has 3 nitrogen and oxygen atoms in total. The van der Waals surface area contributed by atoms with Crippen LogP contribution in [0.25, 0.3) is 0 Å². The topological polar surface area (TPSA) is 42.9 Å².